The molecule has 33 heavy (non-hydrogen) atoms. The molecule has 1 saturated heterocycles. The van der Waals surface area contributed by atoms with Crippen LogP contribution in [0.4, 0.5) is 5.82 Å². The van der Waals surface area contributed by atoms with Gasteiger partial charge in [0.2, 0.25) is 5.91 Å². The molecule has 1 atom stereocenters. The van der Waals surface area contributed by atoms with Crippen LogP contribution in [0.2, 0.25) is 0 Å². The molecule has 1 fully saturated rings. The monoisotopic (exact) mass is 504 g/mol. The van der Waals surface area contributed by atoms with E-state index in [1.165, 1.54) is 5.56 Å². The molecule has 0 saturated carbocycles. The number of piperidine rings is 1. The van der Waals surface area contributed by atoms with Gasteiger partial charge in [0, 0.05) is 30.3 Å². The molecular weight excluding hydrogens is 480 g/mol. The van der Waals surface area contributed by atoms with E-state index in [9.17, 15) is 4.79 Å². The van der Waals surface area contributed by atoms with E-state index in [-0.39, 0.29) is 11.8 Å². The van der Waals surface area contributed by atoms with Gasteiger partial charge in [-0.05, 0) is 49.6 Å². The van der Waals surface area contributed by atoms with Gasteiger partial charge < -0.3 is 10.2 Å². The third-order valence-corrected chi connectivity index (χ3v) is 6.59. The normalized spacial score (nSPS) is 16.2. The Kier molecular flexibility index (Phi) is 6.09. The van der Waals surface area contributed by atoms with Crippen molar-refractivity contribution in [2.24, 2.45) is 5.92 Å². The van der Waals surface area contributed by atoms with Crippen molar-refractivity contribution in [2.75, 3.05) is 18.0 Å². The SMILES string of the molecule is Cc1ccc(-n2cc3c(N4CCC[C@@H](C(=O)NCc5ccc(Br)cc5)C4)ncnc3n2)cc1. The van der Waals surface area contributed by atoms with Gasteiger partial charge in [-0.3, -0.25) is 4.79 Å². The van der Waals surface area contributed by atoms with Gasteiger partial charge in [-0.2, -0.15) is 0 Å². The van der Waals surface area contributed by atoms with Crippen LogP contribution < -0.4 is 10.2 Å². The number of halogens is 1. The molecule has 0 aliphatic carbocycles. The molecule has 7 nitrogen and oxygen atoms in total. The predicted octanol–water partition coefficient (Wildman–Crippen LogP) is 4.42. The quantitative estimate of drug-likeness (QED) is 0.435. The number of nitrogens with one attached hydrogen (secondary N) is 1. The van der Waals surface area contributed by atoms with Gasteiger partial charge in [0.15, 0.2) is 5.65 Å². The van der Waals surface area contributed by atoms with E-state index in [0.717, 1.165) is 46.3 Å². The van der Waals surface area contributed by atoms with Crippen molar-refractivity contribution >= 4 is 38.7 Å². The maximum Gasteiger partial charge on any atom is 0.225 e. The van der Waals surface area contributed by atoms with Crippen molar-refractivity contribution in [2.45, 2.75) is 26.3 Å². The summed E-state index contributed by atoms with van der Waals surface area (Å²) in [6, 6.07) is 16.2. The lowest BCUT2D eigenvalue weighted by atomic mass is 9.97. The molecule has 1 N–H and O–H groups in total. The Morgan fingerprint density at radius 2 is 1.91 bits per heavy atom. The Labute approximate surface area is 201 Å². The van der Waals surface area contributed by atoms with E-state index < -0.39 is 0 Å². The number of benzene rings is 2. The fourth-order valence-corrected chi connectivity index (χ4v) is 4.49. The summed E-state index contributed by atoms with van der Waals surface area (Å²) in [7, 11) is 0. The fourth-order valence-electron chi connectivity index (χ4n) is 4.23. The first-order valence-corrected chi connectivity index (χ1v) is 11.9. The summed E-state index contributed by atoms with van der Waals surface area (Å²) in [5, 5.41) is 8.64. The molecule has 2 aromatic heterocycles. The van der Waals surface area contributed by atoms with Crippen LogP contribution in [0.5, 0.6) is 0 Å². The van der Waals surface area contributed by atoms with Gasteiger partial charge in [0.05, 0.1) is 17.0 Å². The van der Waals surface area contributed by atoms with Crippen LogP contribution in [0.25, 0.3) is 16.7 Å². The highest BCUT2D eigenvalue weighted by atomic mass is 79.9. The van der Waals surface area contributed by atoms with Crippen LogP contribution >= 0.6 is 15.9 Å². The van der Waals surface area contributed by atoms with E-state index in [1.54, 1.807) is 6.33 Å². The van der Waals surface area contributed by atoms with Crippen LogP contribution in [0.1, 0.15) is 24.0 Å². The van der Waals surface area contributed by atoms with E-state index in [2.05, 4.69) is 60.3 Å². The number of hydrogen-bond donors (Lipinski definition) is 1. The zero-order chi connectivity index (χ0) is 22.8. The third kappa shape index (κ3) is 4.75. The van der Waals surface area contributed by atoms with Crippen molar-refractivity contribution in [1.29, 1.82) is 0 Å². The highest BCUT2D eigenvalue weighted by molar-refractivity contribution is 9.10. The number of rotatable bonds is 5. The lowest BCUT2D eigenvalue weighted by Gasteiger charge is -2.33. The maximum atomic E-state index is 12.9. The molecule has 8 heteroatoms. The topological polar surface area (TPSA) is 75.9 Å². The highest BCUT2D eigenvalue weighted by Gasteiger charge is 2.28. The summed E-state index contributed by atoms with van der Waals surface area (Å²) in [5.41, 5.74) is 3.92. The Hall–Kier alpha value is -3.26. The second-order valence-corrected chi connectivity index (χ2v) is 9.39. The van der Waals surface area contributed by atoms with Crippen LogP contribution in [0.15, 0.2) is 65.5 Å². The minimum Gasteiger partial charge on any atom is -0.355 e. The van der Waals surface area contributed by atoms with Gasteiger partial charge in [0.1, 0.15) is 12.1 Å². The largest absolute Gasteiger partial charge is 0.355 e. The summed E-state index contributed by atoms with van der Waals surface area (Å²) in [6.45, 7) is 4.09. The van der Waals surface area contributed by atoms with Gasteiger partial charge in [0.25, 0.3) is 0 Å². The number of fused-ring (bicyclic) bond motifs is 1. The lowest BCUT2D eigenvalue weighted by Crippen LogP contribution is -2.43. The molecule has 0 spiro atoms. The molecule has 1 aliphatic rings. The molecule has 0 unspecified atom stereocenters. The molecule has 1 aliphatic heterocycles. The van der Waals surface area contributed by atoms with Crippen molar-refractivity contribution in [1.82, 2.24) is 25.1 Å². The Morgan fingerprint density at radius 1 is 1.12 bits per heavy atom. The molecule has 4 aromatic rings. The Morgan fingerprint density at radius 3 is 2.70 bits per heavy atom. The van der Waals surface area contributed by atoms with Crippen molar-refractivity contribution < 1.29 is 4.79 Å². The Balaban J connectivity index is 1.32. The predicted molar refractivity (Wildman–Crippen MR) is 132 cm³/mol. The summed E-state index contributed by atoms with van der Waals surface area (Å²) < 4.78 is 2.87. The molecule has 2 aromatic carbocycles. The first kappa shape index (κ1) is 21.6. The summed E-state index contributed by atoms with van der Waals surface area (Å²) in [5.74, 6) is 0.846. The molecule has 3 heterocycles. The van der Waals surface area contributed by atoms with Gasteiger partial charge >= 0.3 is 0 Å². The van der Waals surface area contributed by atoms with Crippen LogP contribution in [-0.2, 0) is 11.3 Å². The van der Waals surface area contributed by atoms with Crippen molar-refractivity contribution in [3.8, 4) is 5.69 Å². The van der Waals surface area contributed by atoms with E-state index in [1.807, 2.05) is 47.3 Å². The number of nitrogens with zero attached hydrogens (tertiary/aromatic N) is 5. The number of carbonyl (C=O) groups excluding carboxylic acids is 1. The lowest BCUT2D eigenvalue weighted by molar-refractivity contribution is -0.125. The second-order valence-electron chi connectivity index (χ2n) is 8.47. The third-order valence-electron chi connectivity index (χ3n) is 6.07. The van der Waals surface area contributed by atoms with E-state index >= 15 is 0 Å². The standard InChI is InChI=1S/C25H25BrN6O/c1-17-4-10-21(11-5-17)32-15-22-23(30-32)28-16-29-24(22)31-12-2-3-19(14-31)25(33)27-13-18-6-8-20(26)9-7-18/h4-11,15-16,19H,2-3,12-14H2,1H3,(H,27,33)/t19-/m1/s1. The highest BCUT2D eigenvalue weighted by Crippen LogP contribution is 2.28. The molecular formula is C25H25BrN6O. The second kappa shape index (κ2) is 9.31. The van der Waals surface area contributed by atoms with E-state index in [4.69, 9.17) is 0 Å². The molecule has 168 valence electrons. The zero-order valence-electron chi connectivity index (χ0n) is 18.4. The van der Waals surface area contributed by atoms with Crippen molar-refractivity contribution in [3.05, 3.63) is 76.7 Å². The number of carbonyl (C=O) groups is 1. The maximum absolute atomic E-state index is 12.9. The van der Waals surface area contributed by atoms with E-state index in [0.29, 0.717) is 18.7 Å². The summed E-state index contributed by atoms with van der Waals surface area (Å²) in [6.07, 6.45) is 5.35. The average molecular weight is 505 g/mol. The molecule has 5 rings (SSSR count). The molecule has 0 radical (unpaired) electrons. The molecule has 1 amide bonds. The number of amides is 1. The van der Waals surface area contributed by atoms with Crippen molar-refractivity contribution in [3.63, 3.8) is 0 Å². The number of aromatic nitrogens is 4. The first-order valence-electron chi connectivity index (χ1n) is 11.1. The zero-order valence-corrected chi connectivity index (χ0v) is 20.0. The minimum absolute atomic E-state index is 0.0774. The van der Waals surface area contributed by atoms with Crippen LogP contribution in [-0.4, -0.2) is 38.7 Å². The van der Waals surface area contributed by atoms with Gasteiger partial charge in [-0.1, -0.05) is 45.8 Å². The van der Waals surface area contributed by atoms with Gasteiger partial charge in [-0.25, -0.2) is 14.6 Å². The Bertz CT molecular complexity index is 1270. The molecule has 0 bridgehead atoms. The first-order chi connectivity index (χ1) is 16.1. The smallest absolute Gasteiger partial charge is 0.225 e. The minimum atomic E-state index is -0.0774. The number of anilines is 1. The fraction of sp³-hybridized carbons (Fsp3) is 0.280. The van der Waals surface area contributed by atoms with Gasteiger partial charge in [-0.15, -0.1) is 5.10 Å². The van der Waals surface area contributed by atoms with Crippen LogP contribution in [0.3, 0.4) is 0 Å². The number of aryl methyl sites for hydroxylation is 1. The summed E-state index contributed by atoms with van der Waals surface area (Å²) in [4.78, 5) is 24.0. The van der Waals surface area contributed by atoms with Crippen LogP contribution in [0, 0.1) is 12.8 Å². The average Bonchev–Trinajstić information content (AvgIpc) is 3.28. The number of hydrogen-bond acceptors (Lipinski definition) is 5. The summed E-state index contributed by atoms with van der Waals surface area (Å²) >= 11 is 3.44.